The summed E-state index contributed by atoms with van der Waals surface area (Å²) in [6, 6.07) is 11.1. The molecule has 2 rings (SSSR count). The Bertz CT molecular complexity index is 546. The van der Waals surface area contributed by atoms with Gasteiger partial charge in [-0.3, -0.25) is 0 Å². The van der Waals surface area contributed by atoms with Crippen molar-refractivity contribution >= 4 is 6.02 Å². The number of aromatic amines is 1. The molecule has 6 nitrogen and oxygen atoms in total. The van der Waals surface area contributed by atoms with Crippen LogP contribution in [-0.2, 0) is 6.42 Å². The molecular weight excluding hydrogens is 254 g/mol. The van der Waals surface area contributed by atoms with E-state index in [1.807, 2.05) is 31.8 Å². The number of ether oxygens (including phenoxy) is 1. The minimum absolute atomic E-state index is 0.459. The number of nitrogens with zero attached hydrogens (tertiary/aromatic N) is 4. The fraction of sp³-hybridized carbons (Fsp3) is 0.357. The van der Waals surface area contributed by atoms with E-state index in [0.29, 0.717) is 5.88 Å². The molecule has 0 aliphatic heterocycles. The van der Waals surface area contributed by atoms with Crippen LogP contribution in [0.4, 0.5) is 0 Å². The molecule has 0 amide bonds. The number of H-pyrrole nitrogens is 1. The fourth-order valence-electron chi connectivity index (χ4n) is 1.88. The van der Waals surface area contributed by atoms with Crippen molar-refractivity contribution in [2.45, 2.75) is 6.42 Å². The second kappa shape index (κ2) is 6.70. The van der Waals surface area contributed by atoms with Crippen molar-refractivity contribution in [3.63, 3.8) is 0 Å². The van der Waals surface area contributed by atoms with E-state index >= 15 is 0 Å². The molecule has 6 heteroatoms. The zero-order chi connectivity index (χ0) is 14.4. The van der Waals surface area contributed by atoms with Gasteiger partial charge in [0, 0.05) is 6.42 Å². The molecule has 0 fully saturated rings. The Hall–Kier alpha value is -2.37. The van der Waals surface area contributed by atoms with Gasteiger partial charge < -0.3 is 4.74 Å². The van der Waals surface area contributed by atoms with Crippen LogP contribution in [-0.4, -0.2) is 58.6 Å². The normalized spacial score (nSPS) is 10.2. The lowest BCUT2D eigenvalue weighted by atomic mass is 10.1. The fourth-order valence-corrected chi connectivity index (χ4v) is 1.88. The Morgan fingerprint density at radius 2 is 2.05 bits per heavy atom. The van der Waals surface area contributed by atoms with Crippen LogP contribution in [0.5, 0.6) is 5.88 Å². The molecule has 0 unspecified atom stereocenters. The molecule has 1 aromatic carbocycles. The maximum Gasteiger partial charge on any atom is 0.452 e. The van der Waals surface area contributed by atoms with E-state index in [2.05, 4.69) is 44.6 Å². The predicted octanol–water partition coefficient (Wildman–Crippen LogP) is 0.986. The van der Waals surface area contributed by atoms with E-state index in [9.17, 15) is 0 Å². The standard InChI is InChI=1S/C14H20N5O/c1-18(2)14(20-13-11-15-17-16-13)19(3)10-9-12-7-5-4-6-8-12/h4-8,11H,9-10H2,1-3H3,(H,15,16,17)/q+1. The van der Waals surface area contributed by atoms with Gasteiger partial charge in [0.05, 0.1) is 27.7 Å². The highest BCUT2D eigenvalue weighted by Crippen LogP contribution is 2.05. The second-order valence-electron chi connectivity index (χ2n) is 4.74. The zero-order valence-corrected chi connectivity index (χ0v) is 12.1. The molecular formula is C14H20N5O+. The van der Waals surface area contributed by atoms with Crippen LogP contribution in [0.2, 0.25) is 0 Å². The van der Waals surface area contributed by atoms with Gasteiger partial charge in [-0.1, -0.05) is 30.3 Å². The molecule has 0 bridgehead atoms. The highest BCUT2D eigenvalue weighted by molar-refractivity contribution is 5.70. The van der Waals surface area contributed by atoms with Gasteiger partial charge >= 0.3 is 6.02 Å². The summed E-state index contributed by atoms with van der Waals surface area (Å²) >= 11 is 0. The maximum atomic E-state index is 5.73. The molecule has 1 aromatic heterocycles. The first-order valence-electron chi connectivity index (χ1n) is 6.50. The van der Waals surface area contributed by atoms with E-state index in [0.717, 1.165) is 19.0 Å². The van der Waals surface area contributed by atoms with E-state index in [1.54, 1.807) is 6.20 Å². The largest absolute Gasteiger partial charge is 0.452 e. The van der Waals surface area contributed by atoms with Crippen LogP contribution in [0.15, 0.2) is 36.5 Å². The van der Waals surface area contributed by atoms with Gasteiger partial charge in [-0.15, -0.1) is 5.10 Å². The van der Waals surface area contributed by atoms with E-state index in [1.165, 1.54) is 5.56 Å². The van der Waals surface area contributed by atoms with Gasteiger partial charge in [-0.2, -0.15) is 10.3 Å². The van der Waals surface area contributed by atoms with E-state index in [-0.39, 0.29) is 0 Å². The third-order valence-electron chi connectivity index (χ3n) is 2.88. The molecule has 0 atom stereocenters. The maximum absolute atomic E-state index is 5.73. The summed E-state index contributed by atoms with van der Waals surface area (Å²) in [6.07, 6.45) is 2.51. The van der Waals surface area contributed by atoms with Crippen molar-refractivity contribution in [3.05, 3.63) is 42.1 Å². The SMILES string of the molecule is CN(CCc1ccccc1)C(Oc1cn[nH]n1)=[N+](C)C. The number of amidine groups is 1. The molecule has 0 aliphatic carbocycles. The monoisotopic (exact) mass is 274 g/mol. The van der Waals surface area contributed by atoms with Crippen molar-refractivity contribution in [3.8, 4) is 5.88 Å². The molecule has 0 aliphatic rings. The highest BCUT2D eigenvalue weighted by atomic mass is 16.5. The summed E-state index contributed by atoms with van der Waals surface area (Å²) in [7, 11) is 5.88. The van der Waals surface area contributed by atoms with Gasteiger partial charge in [-0.05, 0) is 5.56 Å². The molecule has 0 spiro atoms. The summed E-state index contributed by atoms with van der Waals surface area (Å²) in [6.45, 7) is 0.857. The summed E-state index contributed by atoms with van der Waals surface area (Å²) in [5.41, 5.74) is 1.30. The Kier molecular flexibility index (Phi) is 4.70. The Morgan fingerprint density at radius 3 is 2.65 bits per heavy atom. The van der Waals surface area contributed by atoms with Crippen LogP contribution in [0, 0.1) is 0 Å². The quantitative estimate of drug-likeness (QED) is 0.513. The van der Waals surface area contributed by atoms with Gasteiger partial charge in [0.15, 0.2) is 0 Å². The number of hydrogen-bond acceptors (Lipinski definition) is 3. The number of nitrogens with one attached hydrogen (secondary N) is 1. The number of rotatable bonds is 4. The predicted molar refractivity (Wildman–Crippen MR) is 76.9 cm³/mol. The van der Waals surface area contributed by atoms with Crippen LogP contribution in [0.25, 0.3) is 0 Å². The average molecular weight is 274 g/mol. The lowest BCUT2D eigenvalue weighted by molar-refractivity contribution is -0.478. The summed E-state index contributed by atoms with van der Waals surface area (Å²) < 4.78 is 7.65. The number of aromatic nitrogens is 3. The van der Waals surface area contributed by atoms with Crippen LogP contribution >= 0.6 is 0 Å². The molecule has 1 heterocycles. The van der Waals surface area contributed by atoms with Crippen molar-refractivity contribution in [2.75, 3.05) is 27.7 Å². The Balaban J connectivity index is 1.98. The second-order valence-corrected chi connectivity index (χ2v) is 4.74. The zero-order valence-electron chi connectivity index (χ0n) is 12.1. The molecule has 0 saturated carbocycles. The summed E-state index contributed by atoms with van der Waals surface area (Å²) in [4.78, 5) is 2.06. The van der Waals surface area contributed by atoms with Crippen molar-refractivity contribution in [1.29, 1.82) is 0 Å². The minimum Gasteiger partial charge on any atom is -0.370 e. The molecule has 1 N–H and O–H groups in total. The summed E-state index contributed by atoms with van der Waals surface area (Å²) in [5, 5.41) is 10.2. The average Bonchev–Trinajstić information content (AvgIpc) is 2.96. The molecule has 0 saturated heterocycles. The van der Waals surface area contributed by atoms with Crippen LogP contribution in [0.1, 0.15) is 5.56 Å². The third kappa shape index (κ3) is 3.81. The lowest BCUT2D eigenvalue weighted by Crippen LogP contribution is -2.38. The van der Waals surface area contributed by atoms with Crippen LogP contribution in [0.3, 0.4) is 0 Å². The minimum atomic E-state index is 0.459. The lowest BCUT2D eigenvalue weighted by Gasteiger charge is -2.14. The first-order valence-corrected chi connectivity index (χ1v) is 6.50. The Labute approximate surface area is 118 Å². The van der Waals surface area contributed by atoms with Gasteiger partial charge in [0.1, 0.15) is 6.20 Å². The summed E-state index contributed by atoms with van der Waals surface area (Å²) in [5.74, 6) is 0.459. The first kappa shape index (κ1) is 14.0. The number of likely N-dealkylation sites (N-methyl/N-ethyl adjacent to an activating group) is 1. The first-order chi connectivity index (χ1) is 9.66. The highest BCUT2D eigenvalue weighted by Gasteiger charge is 2.20. The Morgan fingerprint density at radius 1 is 1.30 bits per heavy atom. The number of hydrogen-bond donors (Lipinski definition) is 1. The third-order valence-corrected chi connectivity index (χ3v) is 2.88. The smallest absolute Gasteiger partial charge is 0.370 e. The topological polar surface area (TPSA) is 57.0 Å². The van der Waals surface area contributed by atoms with Gasteiger partial charge in [-0.25, -0.2) is 9.48 Å². The molecule has 106 valence electrons. The van der Waals surface area contributed by atoms with Gasteiger partial charge in [0.25, 0.3) is 5.88 Å². The number of benzene rings is 1. The van der Waals surface area contributed by atoms with E-state index < -0.39 is 0 Å². The van der Waals surface area contributed by atoms with Gasteiger partial charge in [0.2, 0.25) is 0 Å². The molecule has 20 heavy (non-hydrogen) atoms. The van der Waals surface area contributed by atoms with Crippen molar-refractivity contribution in [2.24, 2.45) is 0 Å². The van der Waals surface area contributed by atoms with Crippen LogP contribution < -0.4 is 4.74 Å². The van der Waals surface area contributed by atoms with Crippen molar-refractivity contribution in [1.82, 2.24) is 20.3 Å². The molecule has 0 radical (unpaired) electrons. The van der Waals surface area contributed by atoms with E-state index in [4.69, 9.17) is 4.74 Å². The molecule has 2 aromatic rings. The van der Waals surface area contributed by atoms with Crippen molar-refractivity contribution < 1.29 is 9.31 Å².